The normalized spacial score (nSPS) is 56.5. The first-order chi connectivity index (χ1) is 5.20. The number of aliphatic hydroxyl groups excluding tert-OH is 1. The quantitative estimate of drug-likeness (QED) is 0.664. The third-order valence-corrected chi connectivity index (χ3v) is 4.98. The van der Waals surface area contributed by atoms with Gasteiger partial charge in [0.2, 0.25) is 0 Å². The first-order valence-electron chi connectivity index (χ1n) is 3.43. The van der Waals surface area contributed by atoms with Crippen LogP contribution >= 0.6 is 31.9 Å². The van der Waals surface area contributed by atoms with Gasteiger partial charge in [-0.05, 0) is 0 Å². The summed E-state index contributed by atoms with van der Waals surface area (Å²) < 4.78 is 10.5. The Labute approximate surface area is 81.3 Å². The Morgan fingerprint density at radius 1 is 1.27 bits per heavy atom. The molecule has 0 spiro atoms. The molecule has 3 nitrogen and oxygen atoms in total. The smallest absolute Gasteiger partial charge is 0.185 e. The molecule has 0 saturated carbocycles. The number of alkyl halides is 2. The minimum absolute atomic E-state index is 0.0220. The molecule has 2 aliphatic heterocycles. The maximum atomic E-state index is 9.51. The Balaban J connectivity index is 2.16. The zero-order valence-electron chi connectivity index (χ0n) is 5.61. The number of ether oxygens (including phenoxy) is 2. The Kier molecular flexibility index (Phi) is 2.27. The lowest BCUT2D eigenvalue weighted by Crippen LogP contribution is -2.48. The predicted molar refractivity (Wildman–Crippen MR) is 46.0 cm³/mol. The van der Waals surface area contributed by atoms with Gasteiger partial charge < -0.3 is 14.6 Å². The first kappa shape index (κ1) is 8.44. The van der Waals surface area contributed by atoms with Crippen LogP contribution in [0.5, 0.6) is 0 Å². The average molecular weight is 288 g/mol. The van der Waals surface area contributed by atoms with E-state index in [1.807, 2.05) is 0 Å². The second-order valence-electron chi connectivity index (χ2n) is 2.76. The maximum Gasteiger partial charge on any atom is 0.185 e. The van der Waals surface area contributed by atoms with Crippen molar-refractivity contribution in [1.82, 2.24) is 0 Å². The lowest BCUT2D eigenvalue weighted by atomic mass is 10.1. The van der Waals surface area contributed by atoms with Gasteiger partial charge >= 0.3 is 0 Å². The van der Waals surface area contributed by atoms with E-state index in [1.165, 1.54) is 0 Å². The third-order valence-electron chi connectivity index (χ3n) is 2.00. The average Bonchev–Trinajstić information content (AvgIpc) is 2.44. The molecule has 2 aliphatic rings. The molecule has 0 aromatic heterocycles. The van der Waals surface area contributed by atoms with Crippen LogP contribution in [0.1, 0.15) is 0 Å². The fourth-order valence-electron chi connectivity index (χ4n) is 1.33. The van der Waals surface area contributed by atoms with Crippen LogP contribution in [-0.4, -0.2) is 39.9 Å². The van der Waals surface area contributed by atoms with Crippen LogP contribution in [0.25, 0.3) is 0 Å². The molecule has 2 fully saturated rings. The van der Waals surface area contributed by atoms with Gasteiger partial charge in [-0.1, -0.05) is 31.9 Å². The topological polar surface area (TPSA) is 38.7 Å². The predicted octanol–water partition coefficient (Wildman–Crippen LogP) is 0.629. The van der Waals surface area contributed by atoms with Gasteiger partial charge in [0.15, 0.2) is 6.29 Å². The van der Waals surface area contributed by atoms with Crippen molar-refractivity contribution < 1.29 is 14.6 Å². The highest BCUT2D eigenvalue weighted by atomic mass is 79.9. The standard InChI is InChI=1S/C6H8Br2O3/c7-3-2-1-10-6(11-2)5(9)4(3)8/h2-6,9H,1H2/t2-,3-,4+,5+,6-/m1/s1. The van der Waals surface area contributed by atoms with Gasteiger partial charge in [-0.3, -0.25) is 0 Å². The Morgan fingerprint density at radius 2 is 2.00 bits per heavy atom. The minimum atomic E-state index is -0.571. The summed E-state index contributed by atoms with van der Waals surface area (Å²) in [7, 11) is 0. The monoisotopic (exact) mass is 286 g/mol. The fraction of sp³-hybridized carbons (Fsp3) is 1.00. The fourth-order valence-corrected chi connectivity index (χ4v) is 2.51. The highest BCUT2D eigenvalue weighted by Gasteiger charge is 2.47. The molecule has 0 radical (unpaired) electrons. The zero-order chi connectivity index (χ0) is 8.01. The molecule has 2 bridgehead atoms. The Hall–Kier alpha value is 0.840. The summed E-state index contributed by atoms with van der Waals surface area (Å²) in [6.45, 7) is 0.569. The summed E-state index contributed by atoms with van der Waals surface area (Å²) in [5.74, 6) is 0. The summed E-state index contributed by atoms with van der Waals surface area (Å²) in [5, 5.41) is 9.51. The second kappa shape index (κ2) is 2.96. The van der Waals surface area contributed by atoms with Crippen molar-refractivity contribution in [3.8, 4) is 0 Å². The van der Waals surface area contributed by atoms with Crippen molar-refractivity contribution in [3.05, 3.63) is 0 Å². The van der Waals surface area contributed by atoms with Crippen LogP contribution in [-0.2, 0) is 9.47 Å². The van der Waals surface area contributed by atoms with Gasteiger partial charge in [0, 0.05) is 0 Å². The molecule has 0 aliphatic carbocycles. The van der Waals surface area contributed by atoms with Gasteiger partial charge in [0.1, 0.15) is 6.10 Å². The molecule has 64 valence electrons. The summed E-state index contributed by atoms with van der Waals surface area (Å²) >= 11 is 6.82. The zero-order valence-corrected chi connectivity index (χ0v) is 8.79. The maximum absolute atomic E-state index is 9.51. The lowest BCUT2D eigenvalue weighted by molar-refractivity contribution is -0.146. The molecule has 2 saturated heterocycles. The molecule has 0 aromatic rings. The van der Waals surface area contributed by atoms with Crippen LogP contribution < -0.4 is 0 Å². The number of fused-ring (bicyclic) bond motifs is 2. The molecule has 2 heterocycles. The van der Waals surface area contributed by atoms with Crippen LogP contribution in [0.4, 0.5) is 0 Å². The molecule has 11 heavy (non-hydrogen) atoms. The number of rotatable bonds is 0. The van der Waals surface area contributed by atoms with Crippen molar-refractivity contribution in [1.29, 1.82) is 0 Å². The highest BCUT2D eigenvalue weighted by molar-refractivity contribution is 9.12. The summed E-state index contributed by atoms with van der Waals surface area (Å²) in [4.78, 5) is 0.157. The Morgan fingerprint density at radius 3 is 2.73 bits per heavy atom. The third kappa shape index (κ3) is 1.27. The summed E-state index contributed by atoms with van der Waals surface area (Å²) in [5.41, 5.74) is 0. The van der Waals surface area contributed by atoms with E-state index in [9.17, 15) is 5.11 Å². The Bertz CT molecular complexity index is 146. The van der Waals surface area contributed by atoms with E-state index < -0.39 is 12.4 Å². The van der Waals surface area contributed by atoms with Crippen LogP contribution in [0.2, 0.25) is 0 Å². The molecule has 5 heteroatoms. The number of hydrogen-bond acceptors (Lipinski definition) is 3. The molecule has 5 atom stereocenters. The first-order valence-corrected chi connectivity index (χ1v) is 5.26. The number of hydrogen-bond donors (Lipinski definition) is 1. The van der Waals surface area contributed by atoms with Gasteiger partial charge in [-0.2, -0.15) is 0 Å². The van der Waals surface area contributed by atoms with E-state index in [-0.39, 0.29) is 15.8 Å². The number of halogens is 2. The summed E-state index contributed by atoms with van der Waals surface area (Å²) in [6, 6.07) is 0. The lowest BCUT2D eigenvalue weighted by Gasteiger charge is -2.32. The van der Waals surface area contributed by atoms with E-state index in [2.05, 4.69) is 31.9 Å². The van der Waals surface area contributed by atoms with Crippen LogP contribution in [0.15, 0.2) is 0 Å². The van der Waals surface area contributed by atoms with Crippen molar-refractivity contribution in [2.45, 2.75) is 28.2 Å². The van der Waals surface area contributed by atoms with Crippen LogP contribution in [0.3, 0.4) is 0 Å². The SMILES string of the molecule is O[C@@H]1[C@@H]2OC[C@@H](O2)[C@@H](Br)[C@@H]1Br. The van der Waals surface area contributed by atoms with Crippen molar-refractivity contribution in [2.75, 3.05) is 6.61 Å². The molecule has 2 rings (SSSR count). The van der Waals surface area contributed by atoms with Crippen LogP contribution in [0, 0.1) is 0 Å². The minimum Gasteiger partial charge on any atom is -0.387 e. The van der Waals surface area contributed by atoms with Crippen molar-refractivity contribution in [2.24, 2.45) is 0 Å². The van der Waals surface area contributed by atoms with Crippen molar-refractivity contribution >= 4 is 31.9 Å². The van der Waals surface area contributed by atoms with Gasteiger partial charge in [0.05, 0.1) is 22.4 Å². The molecular weight excluding hydrogens is 280 g/mol. The summed E-state index contributed by atoms with van der Waals surface area (Å²) in [6.07, 6.45) is -0.927. The molecule has 0 amide bonds. The highest BCUT2D eigenvalue weighted by Crippen LogP contribution is 2.35. The molecule has 0 unspecified atom stereocenters. The number of aliphatic hydroxyl groups is 1. The van der Waals surface area contributed by atoms with Gasteiger partial charge in [-0.25, -0.2) is 0 Å². The van der Waals surface area contributed by atoms with Crippen molar-refractivity contribution in [3.63, 3.8) is 0 Å². The molecular formula is C6H8Br2O3. The van der Waals surface area contributed by atoms with E-state index in [0.717, 1.165) is 0 Å². The van der Waals surface area contributed by atoms with E-state index >= 15 is 0 Å². The molecule has 1 N–H and O–H groups in total. The largest absolute Gasteiger partial charge is 0.387 e. The van der Waals surface area contributed by atoms with E-state index in [0.29, 0.717) is 6.61 Å². The van der Waals surface area contributed by atoms with E-state index in [1.54, 1.807) is 0 Å². The van der Waals surface area contributed by atoms with E-state index in [4.69, 9.17) is 9.47 Å². The second-order valence-corrected chi connectivity index (χ2v) is 4.87. The van der Waals surface area contributed by atoms with Gasteiger partial charge in [0.25, 0.3) is 0 Å². The van der Waals surface area contributed by atoms with Gasteiger partial charge in [-0.15, -0.1) is 0 Å². The molecule has 0 aromatic carbocycles.